The molecule has 2 rings (SSSR count). The number of carbonyl (C=O) groups excluding carboxylic acids is 1. The summed E-state index contributed by atoms with van der Waals surface area (Å²) in [7, 11) is 3.90. The number of furan rings is 1. The molecule has 1 aromatic heterocycles. The first-order valence-corrected chi connectivity index (χ1v) is 6.00. The zero-order valence-electron chi connectivity index (χ0n) is 10.7. The van der Waals surface area contributed by atoms with Crippen molar-refractivity contribution in [1.82, 2.24) is 4.90 Å². The van der Waals surface area contributed by atoms with Gasteiger partial charge in [0.2, 0.25) is 0 Å². The van der Waals surface area contributed by atoms with Crippen LogP contribution >= 0.6 is 0 Å². The van der Waals surface area contributed by atoms with E-state index in [0.29, 0.717) is 12.2 Å². The Hall–Kier alpha value is -1.87. The SMILES string of the molecule is CN(C)CCC(=O)c1ccc(-c2ccccc2)o1. The van der Waals surface area contributed by atoms with Gasteiger partial charge in [-0.3, -0.25) is 4.79 Å². The second-order valence-corrected chi connectivity index (χ2v) is 4.51. The molecule has 94 valence electrons. The fourth-order valence-corrected chi connectivity index (χ4v) is 1.69. The summed E-state index contributed by atoms with van der Waals surface area (Å²) < 4.78 is 5.60. The number of Topliss-reactive ketones (excluding diaryl/α,β-unsaturated/α-hetero) is 1. The average Bonchev–Trinajstić information content (AvgIpc) is 2.86. The fraction of sp³-hybridized carbons (Fsp3) is 0.267. The summed E-state index contributed by atoms with van der Waals surface area (Å²) in [5.41, 5.74) is 0.990. The molecule has 1 heterocycles. The van der Waals surface area contributed by atoms with Gasteiger partial charge in [-0.2, -0.15) is 0 Å². The molecular formula is C15H17NO2. The smallest absolute Gasteiger partial charge is 0.199 e. The van der Waals surface area contributed by atoms with E-state index >= 15 is 0 Å². The minimum atomic E-state index is 0.0471. The van der Waals surface area contributed by atoms with Crippen LogP contribution in [-0.2, 0) is 0 Å². The topological polar surface area (TPSA) is 33.5 Å². The average molecular weight is 243 g/mol. The highest BCUT2D eigenvalue weighted by molar-refractivity contribution is 5.94. The molecule has 1 aromatic carbocycles. The molecule has 0 spiro atoms. The number of rotatable bonds is 5. The van der Waals surface area contributed by atoms with Crippen LogP contribution in [0.25, 0.3) is 11.3 Å². The molecule has 0 unspecified atom stereocenters. The minimum absolute atomic E-state index is 0.0471. The predicted molar refractivity (Wildman–Crippen MR) is 71.6 cm³/mol. The third-order valence-electron chi connectivity index (χ3n) is 2.73. The van der Waals surface area contributed by atoms with Gasteiger partial charge in [0, 0.05) is 18.5 Å². The van der Waals surface area contributed by atoms with Crippen LogP contribution in [0.2, 0.25) is 0 Å². The Balaban J connectivity index is 2.09. The number of benzene rings is 1. The van der Waals surface area contributed by atoms with Gasteiger partial charge in [0.25, 0.3) is 0 Å². The highest BCUT2D eigenvalue weighted by Crippen LogP contribution is 2.22. The molecule has 2 aromatic rings. The summed E-state index contributed by atoms with van der Waals surface area (Å²) in [6, 6.07) is 13.4. The van der Waals surface area contributed by atoms with E-state index in [0.717, 1.165) is 17.9 Å². The van der Waals surface area contributed by atoms with Crippen molar-refractivity contribution in [2.45, 2.75) is 6.42 Å². The van der Waals surface area contributed by atoms with Crippen molar-refractivity contribution in [3.63, 3.8) is 0 Å². The van der Waals surface area contributed by atoms with Gasteiger partial charge < -0.3 is 9.32 Å². The highest BCUT2D eigenvalue weighted by atomic mass is 16.3. The van der Waals surface area contributed by atoms with Crippen LogP contribution < -0.4 is 0 Å². The molecule has 0 aliphatic carbocycles. The first kappa shape index (κ1) is 12.6. The molecule has 3 nitrogen and oxygen atoms in total. The summed E-state index contributed by atoms with van der Waals surface area (Å²) in [4.78, 5) is 13.9. The van der Waals surface area contributed by atoms with Crippen LogP contribution in [-0.4, -0.2) is 31.3 Å². The Morgan fingerprint density at radius 3 is 2.50 bits per heavy atom. The Labute approximate surface area is 107 Å². The molecule has 0 N–H and O–H groups in total. The Kier molecular flexibility index (Phi) is 3.95. The molecule has 18 heavy (non-hydrogen) atoms. The van der Waals surface area contributed by atoms with Crippen molar-refractivity contribution in [1.29, 1.82) is 0 Å². The standard InChI is InChI=1S/C15H17NO2/c1-16(2)11-10-13(17)15-9-8-14(18-15)12-6-4-3-5-7-12/h3-9H,10-11H2,1-2H3. The maximum absolute atomic E-state index is 11.9. The lowest BCUT2D eigenvalue weighted by molar-refractivity contribution is 0.0946. The number of nitrogens with zero attached hydrogens (tertiary/aromatic N) is 1. The van der Waals surface area contributed by atoms with E-state index in [2.05, 4.69) is 0 Å². The lowest BCUT2D eigenvalue weighted by atomic mass is 10.2. The van der Waals surface area contributed by atoms with Crippen LogP contribution in [0.15, 0.2) is 46.9 Å². The number of hydrogen-bond donors (Lipinski definition) is 0. The molecule has 0 saturated carbocycles. The van der Waals surface area contributed by atoms with Crippen LogP contribution in [0.3, 0.4) is 0 Å². The van der Waals surface area contributed by atoms with E-state index in [-0.39, 0.29) is 5.78 Å². The van der Waals surface area contributed by atoms with Crippen molar-refractivity contribution in [3.8, 4) is 11.3 Å². The molecule has 0 fully saturated rings. The highest BCUT2D eigenvalue weighted by Gasteiger charge is 2.12. The summed E-state index contributed by atoms with van der Waals surface area (Å²) in [6.45, 7) is 0.736. The number of carbonyl (C=O) groups is 1. The molecule has 3 heteroatoms. The van der Waals surface area contributed by atoms with Crippen molar-refractivity contribution < 1.29 is 9.21 Å². The Morgan fingerprint density at radius 1 is 1.11 bits per heavy atom. The van der Waals surface area contributed by atoms with E-state index in [1.807, 2.05) is 55.4 Å². The van der Waals surface area contributed by atoms with Gasteiger partial charge >= 0.3 is 0 Å². The Morgan fingerprint density at radius 2 is 1.83 bits per heavy atom. The van der Waals surface area contributed by atoms with E-state index in [1.54, 1.807) is 6.07 Å². The van der Waals surface area contributed by atoms with Gasteiger partial charge in [0.1, 0.15) is 5.76 Å². The van der Waals surface area contributed by atoms with E-state index in [9.17, 15) is 4.79 Å². The minimum Gasteiger partial charge on any atom is -0.453 e. The van der Waals surface area contributed by atoms with Gasteiger partial charge in [0.05, 0.1) is 0 Å². The third kappa shape index (κ3) is 3.08. The summed E-state index contributed by atoms with van der Waals surface area (Å²) >= 11 is 0. The molecule has 0 aliphatic rings. The molecule has 0 amide bonds. The Bertz CT molecular complexity index is 514. The fourth-order valence-electron chi connectivity index (χ4n) is 1.69. The van der Waals surface area contributed by atoms with Crippen LogP contribution in [0.4, 0.5) is 0 Å². The van der Waals surface area contributed by atoms with Crippen LogP contribution in [0.1, 0.15) is 17.0 Å². The van der Waals surface area contributed by atoms with E-state index in [4.69, 9.17) is 4.42 Å². The van der Waals surface area contributed by atoms with E-state index < -0.39 is 0 Å². The monoisotopic (exact) mass is 243 g/mol. The van der Waals surface area contributed by atoms with Crippen LogP contribution in [0.5, 0.6) is 0 Å². The second-order valence-electron chi connectivity index (χ2n) is 4.51. The number of ketones is 1. The first-order chi connectivity index (χ1) is 8.66. The van der Waals surface area contributed by atoms with Crippen molar-refractivity contribution in [2.75, 3.05) is 20.6 Å². The zero-order valence-corrected chi connectivity index (χ0v) is 10.7. The zero-order chi connectivity index (χ0) is 13.0. The molecule has 0 bridgehead atoms. The van der Waals surface area contributed by atoms with Gasteiger partial charge in [-0.25, -0.2) is 0 Å². The van der Waals surface area contributed by atoms with E-state index in [1.165, 1.54) is 0 Å². The summed E-state index contributed by atoms with van der Waals surface area (Å²) in [6.07, 6.45) is 0.481. The molecule has 0 atom stereocenters. The van der Waals surface area contributed by atoms with Gasteiger partial charge in [-0.05, 0) is 26.2 Å². The predicted octanol–water partition coefficient (Wildman–Crippen LogP) is 3.08. The van der Waals surface area contributed by atoms with Crippen molar-refractivity contribution in [2.24, 2.45) is 0 Å². The normalized spacial score (nSPS) is 10.8. The van der Waals surface area contributed by atoms with Crippen molar-refractivity contribution >= 4 is 5.78 Å². The molecule has 0 radical (unpaired) electrons. The third-order valence-corrected chi connectivity index (χ3v) is 2.73. The quantitative estimate of drug-likeness (QED) is 0.757. The van der Waals surface area contributed by atoms with Gasteiger partial charge in [-0.15, -0.1) is 0 Å². The van der Waals surface area contributed by atoms with Gasteiger partial charge in [0.15, 0.2) is 11.5 Å². The lowest BCUT2D eigenvalue weighted by Crippen LogP contribution is -2.16. The lowest BCUT2D eigenvalue weighted by Gasteiger charge is -2.06. The summed E-state index contributed by atoms with van der Waals surface area (Å²) in [5.74, 6) is 1.23. The first-order valence-electron chi connectivity index (χ1n) is 6.00. The maximum Gasteiger partial charge on any atom is 0.199 e. The van der Waals surface area contributed by atoms with Crippen LogP contribution in [0, 0.1) is 0 Å². The molecule has 0 saturated heterocycles. The number of hydrogen-bond acceptors (Lipinski definition) is 3. The van der Waals surface area contributed by atoms with Gasteiger partial charge in [-0.1, -0.05) is 30.3 Å². The molecular weight excluding hydrogens is 226 g/mol. The molecule has 0 aliphatic heterocycles. The largest absolute Gasteiger partial charge is 0.453 e. The van der Waals surface area contributed by atoms with Crippen molar-refractivity contribution in [3.05, 3.63) is 48.2 Å². The second kappa shape index (κ2) is 5.65. The summed E-state index contributed by atoms with van der Waals surface area (Å²) in [5, 5.41) is 0. The maximum atomic E-state index is 11.9.